The number of carbonyl (C=O) groups excluding carboxylic acids is 2. The molecular formula is C9H13NO4. The molecule has 2 atom stereocenters. The molecule has 5 nitrogen and oxygen atoms in total. The number of nitriles is 1. The number of esters is 1. The standard InChI is InChI=1S/C9H13NO4/c1-4-13-7(3)14-9(12)8(5-10)6(2)11/h7-8H,4H2,1-3H3. The Hall–Kier alpha value is -1.41. The lowest BCUT2D eigenvalue weighted by atomic mass is 10.1. The van der Waals surface area contributed by atoms with Gasteiger partial charge in [-0.2, -0.15) is 5.26 Å². The number of nitrogens with zero attached hydrogens (tertiary/aromatic N) is 1. The van der Waals surface area contributed by atoms with Crippen LogP contribution in [0, 0.1) is 17.2 Å². The van der Waals surface area contributed by atoms with Gasteiger partial charge in [0.25, 0.3) is 0 Å². The van der Waals surface area contributed by atoms with E-state index < -0.39 is 24.0 Å². The minimum atomic E-state index is -1.35. The van der Waals surface area contributed by atoms with Crippen LogP contribution in [0.15, 0.2) is 0 Å². The number of hydrogen-bond acceptors (Lipinski definition) is 5. The average molecular weight is 199 g/mol. The Morgan fingerprint density at radius 3 is 2.43 bits per heavy atom. The zero-order valence-corrected chi connectivity index (χ0v) is 8.44. The van der Waals surface area contributed by atoms with E-state index in [2.05, 4.69) is 0 Å². The van der Waals surface area contributed by atoms with E-state index in [-0.39, 0.29) is 0 Å². The molecule has 78 valence electrons. The lowest BCUT2D eigenvalue weighted by Crippen LogP contribution is -2.27. The third kappa shape index (κ3) is 4.01. The van der Waals surface area contributed by atoms with Crippen LogP contribution in [0.2, 0.25) is 0 Å². The molecule has 0 amide bonds. The van der Waals surface area contributed by atoms with E-state index in [1.54, 1.807) is 13.0 Å². The molecule has 0 fully saturated rings. The van der Waals surface area contributed by atoms with Crippen LogP contribution in [0.3, 0.4) is 0 Å². The molecule has 0 saturated heterocycles. The van der Waals surface area contributed by atoms with Crippen molar-refractivity contribution in [2.45, 2.75) is 27.1 Å². The summed E-state index contributed by atoms with van der Waals surface area (Å²) in [5, 5.41) is 8.50. The van der Waals surface area contributed by atoms with Gasteiger partial charge in [-0.1, -0.05) is 0 Å². The van der Waals surface area contributed by atoms with Gasteiger partial charge in [-0.3, -0.25) is 9.59 Å². The van der Waals surface area contributed by atoms with Crippen molar-refractivity contribution < 1.29 is 19.1 Å². The minimum Gasteiger partial charge on any atom is -0.435 e. The number of carbonyl (C=O) groups is 2. The summed E-state index contributed by atoms with van der Waals surface area (Å²) in [6.07, 6.45) is -0.734. The third-order valence-electron chi connectivity index (χ3n) is 1.45. The summed E-state index contributed by atoms with van der Waals surface area (Å²) in [6.45, 7) is 4.83. The summed E-state index contributed by atoms with van der Waals surface area (Å²) in [5.74, 6) is -2.74. The highest BCUT2D eigenvalue weighted by atomic mass is 16.7. The van der Waals surface area contributed by atoms with Gasteiger partial charge in [-0.15, -0.1) is 0 Å². The molecule has 0 aliphatic heterocycles. The highest BCUT2D eigenvalue weighted by Crippen LogP contribution is 2.03. The Labute approximate surface area is 82.6 Å². The van der Waals surface area contributed by atoms with Crippen molar-refractivity contribution in [2.75, 3.05) is 6.61 Å². The zero-order chi connectivity index (χ0) is 11.1. The molecule has 2 unspecified atom stereocenters. The molecule has 0 radical (unpaired) electrons. The summed E-state index contributed by atoms with van der Waals surface area (Å²) < 4.78 is 9.62. The van der Waals surface area contributed by atoms with Crippen LogP contribution < -0.4 is 0 Å². The maximum atomic E-state index is 11.2. The second-order valence-corrected chi connectivity index (χ2v) is 2.63. The van der Waals surface area contributed by atoms with Crippen molar-refractivity contribution in [1.82, 2.24) is 0 Å². The molecule has 0 aromatic heterocycles. The highest BCUT2D eigenvalue weighted by molar-refractivity contribution is 6.00. The highest BCUT2D eigenvalue weighted by Gasteiger charge is 2.26. The molecule has 0 aliphatic carbocycles. The second kappa shape index (κ2) is 6.11. The quantitative estimate of drug-likeness (QED) is 0.369. The van der Waals surface area contributed by atoms with Crippen LogP contribution in [-0.2, 0) is 19.1 Å². The number of ketones is 1. The molecule has 0 spiro atoms. The number of Topliss-reactive ketones (excluding diaryl/α,β-unsaturated/α-hetero) is 1. The largest absolute Gasteiger partial charge is 0.435 e. The SMILES string of the molecule is CCOC(C)OC(=O)C(C#N)C(C)=O. The molecule has 0 aromatic rings. The van der Waals surface area contributed by atoms with Gasteiger partial charge >= 0.3 is 5.97 Å². The van der Waals surface area contributed by atoms with E-state index >= 15 is 0 Å². The van der Waals surface area contributed by atoms with Crippen molar-refractivity contribution in [3.05, 3.63) is 0 Å². The Kier molecular flexibility index (Phi) is 5.49. The Balaban J connectivity index is 4.19. The Morgan fingerprint density at radius 1 is 1.50 bits per heavy atom. The summed E-state index contributed by atoms with van der Waals surface area (Å²) in [7, 11) is 0. The number of ether oxygens (including phenoxy) is 2. The number of hydrogen-bond donors (Lipinski definition) is 0. The van der Waals surface area contributed by atoms with Crippen LogP contribution in [0.5, 0.6) is 0 Å². The van der Waals surface area contributed by atoms with Crippen molar-refractivity contribution >= 4 is 11.8 Å². The molecule has 0 heterocycles. The van der Waals surface area contributed by atoms with Crippen molar-refractivity contribution in [2.24, 2.45) is 5.92 Å². The second-order valence-electron chi connectivity index (χ2n) is 2.63. The molecule has 14 heavy (non-hydrogen) atoms. The van der Waals surface area contributed by atoms with E-state index in [0.717, 1.165) is 0 Å². The Bertz CT molecular complexity index is 256. The van der Waals surface area contributed by atoms with Crippen LogP contribution in [-0.4, -0.2) is 24.6 Å². The molecule has 0 N–H and O–H groups in total. The van der Waals surface area contributed by atoms with E-state index in [4.69, 9.17) is 14.7 Å². The van der Waals surface area contributed by atoms with Crippen molar-refractivity contribution in [1.29, 1.82) is 5.26 Å². The van der Waals surface area contributed by atoms with E-state index in [1.807, 2.05) is 0 Å². The molecule has 0 aromatic carbocycles. The van der Waals surface area contributed by atoms with Crippen LogP contribution in [0.4, 0.5) is 0 Å². The van der Waals surface area contributed by atoms with E-state index in [1.165, 1.54) is 13.8 Å². The maximum Gasteiger partial charge on any atom is 0.333 e. The van der Waals surface area contributed by atoms with E-state index in [0.29, 0.717) is 6.61 Å². The maximum absolute atomic E-state index is 11.2. The molecule has 0 rings (SSSR count). The van der Waals surface area contributed by atoms with E-state index in [9.17, 15) is 9.59 Å². The van der Waals surface area contributed by atoms with Crippen LogP contribution in [0.25, 0.3) is 0 Å². The van der Waals surface area contributed by atoms with Gasteiger partial charge in [0.1, 0.15) is 0 Å². The van der Waals surface area contributed by atoms with Crippen LogP contribution in [0.1, 0.15) is 20.8 Å². The fourth-order valence-electron chi connectivity index (χ4n) is 0.810. The summed E-state index contributed by atoms with van der Waals surface area (Å²) >= 11 is 0. The van der Waals surface area contributed by atoms with Gasteiger partial charge in [0.15, 0.2) is 12.1 Å². The van der Waals surface area contributed by atoms with Gasteiger partial charge in [-0.05, 0) is 20.8 Å². The first-order valence-electron chi connectivity index (χ1n) is 4.25. The molecule has 0 bridgehead atoms. The lowest BCUT2D eigenvalue weighted by Gasteiger charge is -2.13. The fourth-order valence-corrected chi connectivity index (χ4v) is 0.810. The van der Waals surface area contributed by atoms with Crippen molar-refractivity contribution in [3.8, 4) is 6.07 Å². The van der Waals surface area contributed by atoms with Gasteiger partial charge in [-0.25, -0.2) is 0 Å². The molecule has 5 heteroatoms. The predicted octanol–water partition coefficient (Wildman–Crippen LogP) is 0.641. The van der Waals surface area contributed by atoms with Crippen molar-refractivity contribution in [3.63, 3.8) is 0 Å². The Morgan fingerprint density at radius 2 is 2.07 bits per heavy atom. The summed E-state index contributed by atoms with van der Waals surface area (Å²) in [6, 6.07) is 1.57. The first kappa shape index (κ1) is 12.6. The van der Waals surface area contributed by atoms with Gasteiger partial charge in [0.05, 0.1) is 6.07 Å². The third-order valence-corrected chi connectivity index (χ3v) is 1.45. The predicted molar refractivity (Wildman–Crippen MR) is 47.0 cm³/mol. The molecule has 0 saturated carbocycles. The first-order chi connectivity index (χ1) is 6.52. The van der Waals surface area contributed by atoms with Crippen LogP contribution >= 0.6 is 0 Å². The fraction of sp³-hybridized carbons (Fsp3) is 0.667. The zero-order valence-electron chi connectivity index (χ0n) is 8.44. The first-order valence-corrected chi connectivity index (χ1v) is 4.25. The molecular weight excluding hydrogens is 186 g/mol. The summed E-state index contributed by atoms with van der Waals surface area (Å²) in [4.78, 5) is 21.9. The number of rotatable bonds is 5. The minimum absolute atomic E-state index is 0.395. The molecule has 0 aliphatic rings. The normalized spacial score (nSPS) is 13.9. The topological polar surface area (TPSA) is 76.4 Å². The summed E-state index contributed by atoms with van der Waals surface area (Å²) in [5.41, 5.74) is 0. The smallest absolute Gasteiger partial charge is 0.333 e. The monoisotopic (exact) mass is 199 g/mol. The van der Waals surface area contributed by atoms with Gasteiger partial charge in [0, 0.05) is 6.61 Å². The average Bonchev–Trinajstić information content (AvgIpc) is 2.04. The lowest BCUT2D eigenvalue weighted by molar-refractivity contribution is -0.177. The van der Waals surface area contributed by atoms with Gasteiger partial charge in [0.2, 0.25) is 5.92 Å². The van der Waals surface area contributed by atoms with Gasteiger partial charge < -0.3 is 9.47 Å².